The molecule has 2 fully saturated rings. The molecule has 1 saturated heterocycles. The van der Waals surface area contributed by atoms with E-state index in [0.717, 1.165) is 25.9 Å². The van der Waals surface area contributed by atoms with Crippen LogP contribution in [0.3, 0.4) is 0 Å². The molecule has 0 spiro atoms. The highest BCUT2D eigenvalue weighted by molar-refractivity contribution is 5.71. The van der Waals surface area contributed by atoms with Crippen LogP contribution in [-0.4, -0.2) is 49.3 Å². The molecule has 2 rings (SSSR count). The smallest absolute Gasteiger partial charge is 0.307 e. The summed E-state index contributed by atoms with van der Waals surface area (Å²) in [5.41, 5.74) is -0.125. The lowest BCUT2D eigenvalue weighted by Gasteiger charge is -2.51. The standard InChI is InChI=1S/C16H29NO3/c1-3-20-15(18)13-16(17-11-7-4-8-12-17)10-6-5-9-14(16)19-2/h14H,3-13H2,1-2H3. The van der Waals surface area contributed by atoms with Crippen LogP contribution in [-0.2, 0) is 14.3 Å². The second kappa shape index (κ2) is 7.41. The van der Waals surface area contributed by atoms with Crippen LogP contribution in [0.4, 0.5) is 0 Å². The lowest BCUT2D eigenvalue weighted by atomic mass is 9.74. The summed E-state index contributed by atoms with van der Waals surface area (Å²) in [5.74, 6) is -0.0676. The third-order valence-electron chi connectivity index (χ3n) is 4.95. The molecular formula is C16H29NO3. The van der Waals surface area contributed by atoms with E-state index in [1.807, 2.05) is 6.92 Å². The minimum atomic E-state index is -0.125. The number of piperidine rings is 1. The predicted molar refractivity (Wildman–Crippen MR) is 78.7 cm³/mol. The van der Waals surface area contributed by atoms with Gasteiger partial charge in [0.2, 0.25) is 0 Å². The zero-order chi connectivity index (χ0) is 14.4. The molecule has 1 aliphatic carbocycles. The van der Waals surface area contributed by atoms with Crippen LogP contribution in [0, 0.1) is 0 Å². The Kier molecular flexibility index (Phi) is 5.85. The van der Waals surface area contributed by atoms with Crippen molar-refractivity contribution in [2.45, 2.75) is 69.9 Å². The number of likely N-dealkylation sites (tertiary alicyclic amines) is 1. The van der Waals surface area contributed by atoms with Crippen molar-refractivity contribution in [1.29, 1.82) is 0 Å². The van der Waals surface area contributed by atoms with Gasteiger partial charge in [-0.2, -0.15) is 0 Å². The molecule has 4 nitrogen and oxygen atoms in total. The first-order chi connectivity index (χ1) is 9.73. The van der Waals surface area contributed by atoms with E-state index in [4.69, 9.17) is 9.47 Å². The molecule has 4 heteroatoms. The van der Waals surface area contributed by atoms with E-state index in [1.165, 1.54) is 32.1 Å². The van der Waals surface area contributed by atoms with Gasteiger partial charge in [-0.25, -0.2) is 0 Å². The van der Waals surface area contributed by atoms with Crippen molar-refractivity contribution in [3.8, 4) is 0 Å². The Bertz CT molecular complexity index is 315. The first-order valence-electron chi connectivity index (χ1n) is 8.16. The number of rotatable bonds is 5. The Hall–Kier alpha value is -0.610. The largest absolute Gasteiger partial charge is 0.466 e. The third-order valence-corrected chi connectivity index (χ3v) is 4.95. The average Bonchev–Trinajstić information content (AvgIpc) is 2.49. The van der Waals surface area contributed by atoms with Gasteiger partial charge in [0.25, 0.3) is 0 Å². The summed E-state index contributed by atoms with van der Waals surface area (Å²) >= 11 is 0. The highest BCUT2D eigenvalue weighted by atomic mass is 16.5. The van der Waals surface area contributed by atoms with Crippen molar-refractivity contribution in [3.63, 3.8) is 0 Å². The highest BCUT2D eigenvalue weighted by Crippen LogP contribution is 2.40. The molecule has 0 aromatic carbocycles. The lowest BCUT2D eigenvalue weighted by molar-refractivity contribution is -0.154. The Morgan fingerprint density at radius 3 is 2.60 bits per heavy atom. The zero-order valence-corrected chi connectivity index (χ0v) is 13.0. The van der Waals surface area contributed by atoms with Crippen molar-refractivity contribution in [1.82, 2.24) is 4.90 Å². The molecule has 0 aromatic rings. The van der Waals surface area contributed by atoms with Crippen LogP contribution < -0.4 is 0 Å². The molecule has 20 heavy (non-hydrogen) atoms. The summed E-state index contributed by atoms with van der Waals surface area (Å²) in [6.45, 7) is 4.53. The topological polar surface area (TPSA) is 38.8 Å². The number of ether oxygens (including phenoxy) is 2. The molecule has 2 aliphatic rings. The minimum absolute atomic E-state index is 0.0676. The molecule has 0 N–H and O–H groups in total. The highest BCUT2D eigenvalue weighted by Gasteiger charge is 2.47. The van der Waals surface area contributed by atoms with Gasteiger partial charge in [-0.15, -0.1) is 0 Å². The van der Waals surface area contributed by atoms with Crippen LogP contribution >= 0.6 is 0 Å². The van der Waals surface area contributed by atoms with E-state index in [9.17, 15) is 4.79 Å². The number of esters is 1. The zero-order valence-electron chi connectivity index (χ0n) is 13.0. The van der Waals surface area contributed by atoms with Crippen LogP contribution in [0.15, 0.2) is 0 Å². The van der Waals surface area contributed by atoms with Gasteiger partial charge in [0.1, 0.15) is 0 Å². The van der Waals surface area contributed by atoms with Gasteiger partial charge in [0, 0.05) is 7.11 Å². The Labute approximate surface area is 122 Å². The molecule has 0 aromatic heterocycles. The van der Waals surface area contributed by atoms with Crippen molar-refractivity contribution in [2.75, 3.05) is 26.8 Å². The summed E-state index contributed by atoms with van der Waals surface area (Å²) in [7, 11) is 1.79. The van der Waals surface area contributed by atoms with Gasteiger partial charge in [-0.05, 0) is 45.7 Å². The molecule has 0 amide bonds. The fraction of sp³-hybridized carbons (Fsp3) is 0.938. The molecule has 1 saturated carbocycles. The van der Waals surface area contributed by atoms with Crippen molar-refractivity contribution in [3.05, 3.63) is 0 Å². The molecule has 0 bridgehead atoms. The molecule has 1 heterocycles. The maximum atomic E-state index is 12.1. The first-order valence-corrected chi connectivity index (χ1v) is 8.16. The van der Waals surface area contributed by atoms with Gasteiger partial charge in [-0.1, -0.05) is 19.3 Å². The number of nitrogens with zero attached hydrogens (tertiary/aromatic N) is 1. The normalized spacial score (nSPS) is 32.0. The number of hydrogen-bond acceptors (Lipinski definition) is 4. The average molecular weight is 283 g/mol. The van der Waals surface area contributed by atoms with Crippen LogP contribution in [0.2, 0.25) is 0 Å². The quantitative estimate of drug-likeness (QED) is 0.727. The fourth-order valence-electron chi connectivity index (χ4n) is 4.00. The van der Waals surface area contributed by atoms with Crippen LogP contribution in [0.1, 0.15) is 58.3 Å². The molecule has 0 radical (unpaired) electrons. The van der Waals surface area contributed by atoms with Crippen LogP contribution in [0.25, 0.3) is 0 Å². The first kappa shape index (κ1) is 15.8. The summed E-state index contributed by atoms with van der Waals surface area (Å²) in [6, 6.07) is 0. The monoisotopic (exact) mass is 283 g/mol. The van der Waals surface area contributed by atoms with Crippen molar-refractivity contribution in [2.24, 2.45) is 0 Å². The summed E-state index contributed by atoms with van der Waals surface area (Å²) < 4.78 is 11.0. The van der Waals surface area contributed by atoms with E-state index in [2.05, 4.69) is 4.90 Å². The van der Waals surface area contributed by atoms with Gasteiger partial charge in [0.05, 0.1) is 24.7 Å². The third kappa shape index (κ3) is 3.34. The molecule has 2 unspecified atom stereocenters. The number of carbonyl (C=O) groups is 1. The second-order valence-electron chi connectivity index (χ2n) is 6.10. The summed E-state index contributed by atoms with van der Waals surface area (Å²) in [5, 5.41) is 0. The second-order valence-corrected chi connectivity index (χ2v) is 6.10. The number of methoxy groups -OCH3 is 1. The maximum Gasteiger partial charge on any atom is 0.307 e. The Balaban J connectivity index is 2.18. The van der Waals surface area contributed by atoms with Crippen molar-refractivity contribution >= 4 is 5.97 Å². The van der Waals surface area contributed by atoms with Crippen LogP contribution in [0.5, 0.6) is 0 Å². The van der Waals surface area contributed by atoms with E-state index < -0.39 is 0 Å². The number of carbonyl (C=O) groups excluding carboxylic acids is 1. The Morgan fingerprint density at radius 1 is 1.20 bits per heavy atom. The van der Waals surface area contributed by atoms with E-state index in [1.54, 1.807) is 7.11 Å². The van der Waals surface area contributed by atoms with E-state index in [-0.39, 0.29) is 17.6 Å². The van der Waals surface area contributed by atoms with Crippen molar-refractivity contribution < 1.29 is 14.3 Å². The minimum Gasteiger partial charge on any atom is -0.466 e. The van der Waals surface area contributed by atoms with Gasteiger partial charge in [-0.3, -0.25) is 9.69 Å². The van der Waals surface area contributed by atoms with Gasteiger partial charge >= 0.3 is 5.97 Å². The molecule has 1 aliphatic heterocycles. The number of hydrogen-bond donors (Lipinski definition) is 0. The molecule has 116 valence electrons. The summed E-state index contributed by atoms with van der Waals surface area (Å²) in [6.07, 6.45) is 8.95. The Morgan fingerprint density at radius 2 is 1.95 bits per heavy atom. The molecular weight excluding hydrogens is 254 g/mol. The molecule has 2 atom stereocenters. The predicted octanol–water partition coefficient (Wildman–Crippen LogP) is 2.75. The van der Waals surface area contributed by atoms with E-state index in [0.29, 0.717) is 13.0 Å². The van der Waals surface area contributed by atoms with E-state index >= 15 is 0 Å². The lowest BCUT2D eigenvalue weighted by Crippen LogP contribution is -2.61. The van der Waals surface area contributed by atoms with Gasteiger partial charge in [0.15, 0.2) is 0 Å². The maximum absolute atomic E-state index is 12.1. The van der Waals surface area contributed by atoms with Gasteiger partial charge < -0.3 is 9.47 Å². The SMILES string of the molecule is CCOC(=O)CC1(N2CCCCC2)CCCCC1OC. The summed E-state index contributed by atoms with van der Waals surface area (Å²) in [4.78, 5) is 14.6. The fourth-order valence-corrected chi connectivity index (χ4v) is 4.00.